The fourth-order valence-electron chi connectivity index (χ4n) is 3.13. The van der Waals surface area contributed by atoms with Crippen LogP contribution in [0.15, 0.2) is 15.9 Å². The Balaban J connectivity index is 2.01. The predicted molar refractivity (Wildman–Crippen MR) is 100 cm³/mol. The van der Waals surface area contributed by atoms with Crippen LogP contribution in [0.1, 0.15) is 46.5 Å². The van der Waals surface area contributed by atoms with Gasteiger partial charge in [-0.25, -0.2) is 9.78 Å². The molecule has 2 N–H and O–H groups in total. The second-order valence-electron chi connectivity index (χ2n) is 7.82. The molecule has 146 valence electrons. The van der Waals surface area contributed by atoms with Crippen LogP contribution < -0.4 is 11.2 Å². The number of aryl methyl sites for hydroxylation is 2. The molecule has 1 unspecified atom stereocenters. The Morgan fingerprint density at radius 1 is 1.19 bits per heavy atom. The van der Waals surface area contributed by atoms with E-state index in [1.807, 2.05) is 0 Å². The molecule has 0 saturated carbocycles. The molecular weight excluding hydrogens is 336 g/mol. The normalized spacial score (nSPS) is 14.7. The third kappa shape index (κ3) is 4.24. The molecule has 26 heavy (non-hydrogen) atoms. The van der Waals surface area contributed by atoms with Crippen molar-refractivity contribution in [2.45, 2.75) is 64.7 Å². The SMILES string of the molecule is C[C@H](CCCn1c(=O)c2c(ncn2C)n(C)c1=O)CCC(O)C(C)(C)O. The molecule has 8 heteroatoms. The molecule has 2 heterocycles. The van der Waals surface area contributed by atoms with Gasteiger partial charge in [0.25, 0.3) is 5.56 Å². The Hall–Kier alpha value is -1.93. The lowest BCUT2D eigenvalue weighted by Gasteiger charge is -2.25. The molecule has 0 amide bonds. The Morgan fingerprint density at radius 3 is 2.46 bits per heavy atom. The number of aliphatic hydroxyl groups is 2. The van der Waals surface area contributed by atoms with Gasteiger partial charge in [0.15, 0.2) is 11.2 Å². The van der Waals surface area contributed by atoms with Gasteiger partial charge in [0.2, 0.25) is 0 Å². The largest absolute Gasteiger partial charge is 0.390 e. The summed E-state index contributed by atoms with van der Waals surface area (Å²) in [6.45, 7) is 5.62. The first-order valence-corrected chi connectivity index (χ1v) is 9.05. The summed E-state index contributed by atoms with van der Waals surface area (Å²) in [7, 11) is 3.36. The summed E-state index contributed by atoms with van der Waals surface area (Å²) in [4.78, 5) is 29.2. The van der Waals surface area contributed by atoms with Crippen molar-refractivity contribution in [1.29, 1.82) is 0 Å². The molecular formula is C18H30N4O4. The molecule has 8 nitrogen and oxygen atoms in total. The Morgan fingerprint density at radius 2 is 1.85 bits per heavy atom. The summed E-state index contributed by atoms with van der Waals surface area (Å²) >= 11 is 0. The first kappa shape index (κ1) is 20.4. The van der Waals surface area contributed by atoms with Crippen molar-refractivity contribution in [2.24, 2.45) is 20.0 Å². The lowest BCUT2D eigenvalue weighted by molar-refractivity contribution is -0.0535. The van der Waals surface area contributed by atoms with E-state index in [1.165, 1.54) is 15.5 Å². The number of fused-ring (bicyclic) bond motifs is 1. The molecule has 2 atom stereocenters. The van der Waals surface area contributed by atoms with Gasteiger partial charge in [0.05, 0.1) is 18.0 Å². The van der Waals surface area contributed by atoms with Crippen LogP contribution in [-0.4, -0.2) is 40.6 Å². The fourth-order valence-corrected chi connectivity index (χ4v) is 3.13. The van der Waals surface area contributed by atoms with E-state index in [-0.39, 0.29) is 11.2 Å². The monoisotopic (exact) mass is 366 g/mol. The zero-order chi connectivity index (χ0) is 19.6. The van der Waals surface area contributed by atoms with E-state index in [2.05, 4.69) is 11.9 Å². The maximum atomic E-state index is 12.6. The fraction of sp³-hybridized carbons (Fsp3) is 0.722. The molecule has 0 aliphatic rings. The molecule has 0 radical (unpaired) electrons. The Kier molecular flexibility index (Phi) is 6.08. The summed E-state index contributed by atoms with van der Waals surface area (Å²) in [6, 6.07) is 0. The smallest absolute Gasteiger partial charge is 0.332 e. The van der Waals surface area contributed by atoms with Crippen LogP contribution in [-0.2, 0) is 20.6 Å². The highest BCUT2D eigenvalue weighted by molar-refractivity contribution is 5.69. The number of rotatable bonds is 8. The zero-order valence-corrected chi connectivity index (χ0v) is 16.3. The van der Waals surface area contributed by atoms with Crippen LogP contribution >= 0.6 is 0 Å². The third-order valence-electron chi connectivity index (χ3n) is 5.03. The van der Waals surface area contributed by atoms with Gasteiger partial charge in [0.1, 0.15) is 0 Å². The van der Waals surface area contributed by atoms with Crippen LogP contribution in [0.5, 0.6) is 0 Å². The van der Waals surface area contributed by atoms with Crippen molar-refractivity contribution in [2.75, 3.05) is 0 Å². The number of nitrogens with zero attached hydrogens (tertiary/aromatic N) is 4. The molecule has 0 saturated heterocycles. The van der Waals surface area contributed by atoms with Gasteiger partial charge in [-0.3, -0.25) is 13.9 Å². The average molecular weight is 366 g/mol. The van der Waals surface area contributed by atoms with Gasteiger partial charge in [-0.15, -0.1) is 0 Å². The topological polar surface area (TPSA) is 102 Å². The van der Waals surface area contributed by atoms with Crippen LogP contribution in [0.3, 0.4) is 0 Å². The highest BCUT2D eigenvalue weighted by atomic mass is 16.3. The molecule has 2 rings (SSSR count). The summed E-state index contributed by atoms with van der Waals surface area (Å²) in [5.74, 6) is 0.326. The quantitative estimate of drug-likeness (QED) is 0.718. The predicted octanol–water partition coefficient (Wildman–Crippen LogP) is 0.762. The lowest BCUT2D eigenvalue weighted by atomic mass is 9.92. The molecule has 0 spiro atoms. The van der Waals surface area contributed by atoms with Gasteiger partial charge < -0.3 is 14.8 Å². The standard InChI is InChI=1S/C18H30N4O4/c1-12(8-9-13(23)18(2,3)26)7-6-10-22-16(24)14-15(19-11-20(14)4)21(5)17(22)25/h11-13,23,26H,6-10H2,1-5H3/t12-,13?/m1/s1. The van der Waals surface area contributed by atoms with Crippen molar-refractivity contribution >= 4 is 11.2 Å². The molecule has 0 aliphatic carbocycles. The molecule has 0 aliphatic heterocycles. The summed E-state index contributed by atoms with van der Waals surface area (Å²) in [5, 5.41) is 19.7. The summed E-state index contributed by atoms with van der Waals surface area (Å²) in [5.41, 5.74) is -0.946. The first-order chi connectivity index (χ1) is 12.0. The second kappa shape index (κ2) is 7.75. The maximum absolute atomic E-state index is 12.6. The minimum Gasteiger partial charge on any atom is -0.390 e. The highest BCUT2D eigenvalue weighted by Gasteiger charge is 2.24. The number of hydrogen-bond acceptors (Lipinski definition) is 5. The molecule has 2 aromatic rings. The third-order valence-corrected chi connectivity index (χ3v) is 5.03. The summed E-state index contributed by atoms with van der Waals surface area (Å²) in [6.07, 6.45) is 3.60. The average Bonchev–Trinajstić information content (AvgIpc) is 2.94. The van der Waals surface area contributed by atoms with Crippen molar-refractivity contribution in [3.05, 3.63) is 27.2 Å². The van der Waals surface area contributed by atoms with Gasteiger partial charge in [0, 0.05) is 20.6 Å². The summed E-state index contributed by atoms with van der Waals surface area (Å²) < 4.78 is 4.30. The Bertz CT molecular complexity index is 872. The number of aliphatic hydroxyl groups excluding tert-OH is 1. The van der Waals surface area contributed by atoms with Crippen molar-refractivity contribution in [3.63, 3.8) is 0 Å². The van der Waals surface area contributed by atoms with Gasteiger partial charge in [-0.2, -0.15) is 0 Å². The van der Waals surface area contributed by atoms with E-state index in [0.717, 1.165) is 12.8 Å². The molecule has 0 fully saturated rings. The minimum absolute atomic E-state index is 0.312. The molecule has 0 aromatic carbocycles. The van der Waals surface area contributed by atoms with E-state index < -0.39 is 11.7 Å². The van der Waals surface area contributed by atoms with Crippen LogP contribution in [0.2, 0.25) is 0 Å². The molecule has 2 aromatic heterocycles. The second-order valence-corrected chi connectivity index (χ2v) is 7.82. The van der Waals surface area contributed by atoms with Crippen LogP contribution in [0, 0.1) is 5.92 Å². The van der Waals surface area contributed by atoms with E-state index in [4.69, 9.17) is 0 Å². The maximum Gasteiger partial charge on any atom is 0.332 e. The number of aromatic nitrogens is 4. The van der Waals surface area contributed by atoms with Crippen molar-refractivity contribution < 1.29 is 10.2 Å². The Labute approximate surface area is 152 Å². The lowest BCUT2D eigenvalue weighted by Crippen LogP contribution is -2.39. The molecule has 0 bridgehead atoms. The van der Waals surface area contributed by atoms with Gasteiger partial charge in [-0.05, 0) is 45.4 Å². The minimum atomic E-state index is -1.10. The van der Waals surface area contributed by atoms with E-state index in [1.54, 1.807) is 32.5 Å². The van der Waals surface area contributed by atoms with Crippen molar-refractivity contribution in [1.82, 2.24) is 18.7 Å². The van der Waals surface area contributed by atoms with Crippen molar-refractivity contribution in [3.8, 4) is 0 Å². The van der Waals surface area contributed by atoms with Gasteiger partial charge >= 0.3 is 5.69 Å². The van der Waals surface area contributed by atoms with Crippen LogP contribution in [0.4, 0.5) is 0 Å². The van der Waals surface area contributed by atoms with E-state index >= 15 is 0 Å². The van der Waals surface area contributed by atoms with E-state index in [0.29, 0.717) is 36.5 Å². The van der Waals surface area contributed by atoms with E-state index in [9.17, 15) is 19.8 Å². The number of hydrogen-bond donors (Lipinski definition) is 2. The highest BCUT2D eigenvalue weighted by Crippen LogP contribution is 2.19. The van der Waals surface area contributed by atoms with Crippen LogP contribution in [0.25, 0.3) is 11.2 Å². The zero-order valence-electron chi connectivity index (χ0n) is 16.3. The van der Waals surface area contributed by atoms with Gasteiger partial charge in [-0.1, -0.05) is 6.92 Å². The first-order valence-electron chi connectivity index (χ1n) is 9.05. The number of imidazole rings is 1.